The standard InChI is InChI=1S/C64H85N19O16S4/c1-6-30(2)51-64(99)75-42(15-16-50(85)86)57(92)78-45(19-36-22-67-28-70-36)60(95)79-46(20-37-23-68-29-71-37)61(96)81-48-26-102-103-27-49(63(98)83-51)82-59(94)43(17-34-11-13-38(84)14-12-34)76-54(89)32(4)72-53(88)31(3)73-56(91)40(65)24-100-101-25-47(52(66)87)80-55(90)33(5)74-58(93)44(77-62(48)97)18-35-21-69-41-10-8-7-9-39(35)41/h7-14,21-23,28-33,40,42-49,51,69,84H,6,15-20,24-27,65H2,1-5H3,(H2,66,87)(H,67,70)(H,68,71)(H,72,88)(H,73,91)(H,74,93)(H,75,99)(H,76,89)(H,77,97)(H,78,92)(H,79,95)(H,80,90)(H,81,96)(H,82,94)(H,83,98)(H,85,86)/t30-,31-,32-,33-,40-,42-,43-,44-,45-,46-,47-,48-,49-,51-/m0/s1. The second kappa shape index (κ2) is 39.0. The molecule has 5 heterocycles. The van der Waals surface area contributed by atoms with E-state index in [1.54, 1.807) is 44.3 Å². The third-order valence-corrected chi connectivity index (χ3v) is 21.5. The van der Waals surface area contributed by atoms with Gasteiger partial charge in [-0.15, -0.1) is 0 Å². The molecule has 556 valence electrons. The molecule has 35 nitrogen and oxygen atoms in total. The number of carbonyl (C=O) groups excluding carboxylic acids is 13. The van der Waals surface area contributed by atoms with Crippen LogP contribution in [0.25, 0.3) is 10.9 Å². The zero-order valence-corrected chi connectivity index (χ0v) is 59.9. The Morgan fingerprint density at radius 3 is 1.53 bits per heavy atom. The van der Waals surface area contributed by atoms with Crippen LogP contribution in [0.3, 0.4) is 0 Å². The minimum atomic E-state index is -1.71. The van der Waals surface area contributed by atoms with Gasteiger partial charge in [0.1, 0.15) is 78.3 Å². The summed E-state index contributed by atoms with van der Waals surface area (Å²) in [7, 11) is 3.78. The fourth-order valence-corrected chi connectivity index (χ4v) is 15.1. The summed E-state index contributed by atoms with van der Waals surface area (Å²) in [5, 5.41) is 52.0. The number of benzene rings is 2. The lowest BCUT2D eigenvalue weighted by atomic mass is 9.97. The van der Waals surface area contributed by atoms with Crippen molar-refractivity contribution < 1.29 is 77.3 Å². The molecule has 2 aliphatic rings. The molecule has 0 saturated carbocycles. The summed E-state index contributed by atoms with van der Waals surface area (Å²) in [6.07, 6.45) is 4.65. The number of nitrogens with two attached hydrogens (primary N) is 2. The number of carbonyl (C=O) groups is 14. The molecule has 39 heteroatoms. The molecule has 2 saturated heterocycles. The van der Waals surface area contributed by atoms with Crippen molar-refractivity contribution in [3.05, 3.63) is 102 Å². The number of aliphatic carboxylic acids is 1. The third kappa shape index (κ3) is 24.4. The van der Waals surface area contributed by atoms with Gasteiger partial charge in [-0.25, -0.2) is 9.97 Å². The van der Waals surface area contributed by atoms with Gasteiger partial charge in [0.25, 0.3) is 0 Å². The van der Waals surface area contributed by atoms with Crippen molar-refractivity contribution in [3.8, 4) is 5.75 Å². The van der Waals surface area contributed by atoms with Crippen LogP contribution in [-0.4, -0.2) is 219 Å². The Kier molecular flexibility index (Phi) is 30.4. The number of amides is 13. The van der Waals surface area contributed by atoms with E-state index in [0.29, 0.717) is 33.4 Å². The maximum atomic E-state index is 15.3. The van der Waals surface area contributed by atoms with Gasteiger partial charge in [0.15, 0.2) is 0 Å². The van der Waals surface area contributed by atoms with E-state index in [0.717, 1.165) is 43.2 Å². The van der Waals surface area contributed by atoms with Gasteiger partial charge >= 0.3 is 5.97 Å². The van der Waals surface area contributed by atoms with E-state index in [1.165, 1.54) is 70.1 Å². The van der Waals surface area contributed by atoms with Gasteiger partial charge in [-0.2, -0.15) is 0 Å². The number of aromatic amines is 3. The molecular formula is C64H85N19O16S4. The molecule has 103 heavy (non-hydrogen) atoms. The number of nitrogens with zero attached hydrogens (tertiary/aromatic N) is 2. The number of hydrogen-bond donors (Lipinski definition) is 19. The Morgan fingerprint density at radius 1 is 0.515 bits per heavy atom. The lowest BCUT2D eigenvalue weighted by Gasteiger charge is -2.30. The van der Waals surface area contributed by atoms with Crippen LogP contribution in [0.5, 0.6) is 5.75 Å². The molecule has 0 aliphatic carbocycles. The third-order valence-electron chi connectivity index (χ3n) is 16.7. The first-order valence-corrected chi connectivity index (χ1v) is 37.7. The molecule has 0 unspecified atom stereocenters. The summed E-state index contributed by atoms with van der Waals surface area (Å²) >= 11 is 0. The monoisotopic (exact) mass is 1500 g/mol. The quantitative estimate of drug-likeness (QED) is 0.0492. The first kappa shape index (κ1) is 80.5. The second-order valence-electron chi connectivity index (χ2n) is 24.6. The van der Waals surface area contributed by atoms with Gasteiger partial charge in [0.2, 0.25) is 76.8 Å². The first-order valence-electron chi connectivity index (χ1n) is 32.7. The van der Waals surface area contributed by atoms with E-state index >= 15 is 14.4 Å². The SMILES string of the molecule is CC[C@H](C)[C@@H]1NC(=O)[C@@H]2CSSC[C@H](NC(=O)[C@H](Cc3cnc[nH]3)NC(=O)[C@H](Cc3cnc[nH]3)NC(=O)[C@H](CCC(=O)O)NC1=O)C(=O)N[C@@H](Cc1c[nH]c3ccccc13)C(=O)N[C@@H](C)C(=O)N[C@H](C(N)=O)CSSC[C@H](N)C(=O)N[C@@H](C)C(=O)N[C@@H](C)C(=O)N[C@@H](Cc1ccc(O)cc1)C(=O)N2. The number of phenols is 1. The fraction of sp³-hybridized carbons (Fsp3) is 0.469. The number of imidazole rings is 2. The summed E-state index contributed by atoms with van der Waals surface area (Å²) in [4.78, 5) is 216. The molecule has 2 bridgehead atoms. The number of phenolic OH excluding ortho intramolecular Hbond substituents is 1. The number of rotatable bonds is 14. The zero-order chi connectivity index (χ0) is 75.0. The molecule has 2 aliphatic heterocycles. The predicted molar refractivity (Wildman–Crippen MR) is 382 cm³/mol. The highest BCUT2D eigenvalue weighted by molar-refractivity contribution is 8.77. The van der Waals surface area contributed by atoms with Gasteiger partial charge in [-0.1, -0.05) is 93.8 Å². The number of nitrogens with one attached hydrogen (secondary N) is 15. The number of carboxylic acids is 1. The number of primary amides is 1. The van der Waals surface area contributed by atoms with E-state index in [-0.39, 0.29) is 49.4 Å². The molecule has 14 atom stereocenters. The van der Waals surface area contributed by atoms with Gasteiger partial charge in [0, 0.05) is 96.0 Å². The largest absolute Gasteiger partial charge is 0.508 e. The van der Waals surface area contributed by atoms with Gasteiger partial charge in [-0.3, -0.25) is 67.1 Å². The first-order chi connectivity index (χ1) is 49.1. The molecule has 2 fully saturated rings. The van der Waals surface area contributed by atoms with E-state index in [2.05, 4.69) is 88.7 Å². The van der Waals surface area contributed by atoms with Crippen molar-refractivity contribution in [1.29, 1.82) is 0 Å². The average Bonchev–Trinajstić information content (AvgIpc) is 1.30. The van der Waals surface area contributed by atoms with E-state index < -0.39 is 192 Å². The normalized spacial score (nSPS) is 26.4. The number of aromatic hydroxyl groups is 1. The number of H-pyrrole nitrogens is 3. The molecule has 13 amide bonds. The summed E-state index contributed by atoms with van der Waals surface area (Å²) in [5.74, 6) is -15.8. The minimum absolute atomic E-state index is 0.0890. The van der Waals surface area contributed by atoms with Crippen LogP contribution in [0, 0.1) is 5.92 Å². The van der Waals surface area contributed by atoms with Gasteiger partial charge < -0.3 is 100 Å². The highest BCUT2D eigenvalue weighted by Crippen LogP contribution is 2.26. The molecule has 2 aromatic carbocycles. The van der Waals surface area contributed by atoms with Crippen LogP contribution >= 0.6 is 43.2 Å². The smallest absolute Gasteiger partial charge is 0.303 e. The molecular weight excluding hydrogens is 1420 g/mol. The number of fused-ring (bicyclic) bond motifs is 6. The summed E-state index contributed by atoms with van der Waals surface area (Å²) in [5.41, 5.74) is 14.0. The number of hydrogen-bond acceptors (Lipinski definition) is 22. The zero-order valence-electron chi connectivity index (χ0n) is 56.7. The van der Waals surface area contributed by atoms with Gasteiger partial charge in [-0.05, 0) is 62.4 Å². The van der Waals surface area contributed by atoms with E-state index in [1.807, 2.05) is 0 Å². The fourth-order valence-electron chi connectivity index (χ4n) is 10.4. The Bertz CT molecular complexity index is 3830. The number of para-hydroxylation sites is 1. The van der Waals surface area contributed by atoms with Crippen LogP contribution < -0.4 is 75.3 Å². The maximum absolute atomic E-state index is 15.3. The second-order valence-corrected chi connectivity index (χ2v) is 29.7. The topological polar surface area (TPSA) is 549 Å². The van der Waals surface area contributed by atoms with Crippen LogP contribution in [0.1, 0.15) is 76.4 Å². The molecule has 21 N–H and O–H groups in total. The highest BCUT2D eigenvalue weighted by Gasteiger charge is 2.39. The van der Waals surface area contributed by atoms with Crippen molar-refractivity contribution in [2.24, 2.45) is 17.4 Å². The van der Waals surface area contributed by atoms with Crippen LogP contribution in [0.2, 0.25) is 0 Å². The highest BCUT2D eigenvalue weighted by atomic mass is 33.1. The van der Waals surface area contributed by atoms with Crippen molar-refractivity contribution in [2.75, 3.05) is 23.0 Å². The Labute approximate surface area is 606 Å². The lowest BCUT2D eigenvalue weighted by molar-refractivity contribution is -0.139. The number of aromatic nitrogens is 5. The number of carboxylic acid groups (broad SMARTS) is 1. The van der Waals surface area contributed by atoms with E-state index in [9.17, 15) is 63.0 Å². The summed E-state index contributed by atoms with van der Waals surface area (Å²) < 4.78 is 0. The van der Waals surface area contributed by atoms with Crippen molar-refractivity contribution >= 4 is 137 Å². The summed E-state index contributed by atoms with van der Waals surface area (Å²) in [6.45, 7) is 7.20. The molecule has 7 rings (SSSR count). The van der Waals surface area contributed by atoms with Crippen LogP contribution in [0.4, 0.5) is 0 Å². The van der Waals surface area contributed by atoms with Crippen molar-refractivity contribution in [1.82, 2.24) is 88.7 Å². The van der Waals surface area contributed by atoms with Gasteiger partial charge in [0.05, 0.1) is 18.7 Å². The molecule has 0 spiro atoms. The predicted octanol–water partition coefficient (Wildman–Crippen LogP) is -3.02. The lowest BCUT2D eigenvalue weighted by Crippen LogP contribution is -2.62. The van der Waals surface area contributed by atoms with E-state index in [4.69, 9.17) is 11.5 Å². The average molecular weight is 1500 g/mol. The maximum Gasteiger partial charge on any atom is 0.303 e. The van der Waals surface area contributed by atoms with Crippen LogP contribution in [-0.2, 0) is 92.8 Å². The summed E-state index contributed by atoms with van der Waals surface area (Å²) in [6, 6.07) is -7.11. The Balaban J connectivity index is 1.34. The van der Waals surface area contributed by atoms with Crippen molar-refractivity contribution in [2.45, 2.75) is 158 Å². The van der Waals surface area contributed by atoms with Crippen molar-refractivity contribution in [3.63, 3.8) is 0 Å². The molecule has 5 aromatic rings. The molecule has 0 radical (unpaired) electrons. The minimum Gasteiger partial charge on any atom is -0.508 e. The Morgan fingerprint density at radius 2 is 0.971 bits per heavy atom. The van der Waals surface area contributed by atoms with Crippen LogP contribution in [0.15, 0.2) is 79.8 Å². The Hall–Kier alpha value is -9.86. The molecule has 3 aromatic heterocycles.